The van der Waals surface area contributed by atoms with E-state index in [0.717, 1.165) is 5.56 Å². The van der Waals surface area contributed by atoms with Crippen LogP contribution in [0.25, 0.3) is 6.08 Å². The maximum absolute atomic E-state index is 12.5. The van der Waals surface area contributed by atoms with Crippen LogP contribution < -0.4 is 14.2 Å². The van der Waals surface area contributed by atoms with Gasteiger partial charge in [-0.1, -0.05) is 18.2 Å². The van der Waals surface area contributed by atoms with Crippen LogP contribution in [0.4, 0.5) is 0 Å². The molecule has 5 nitrogen and oxygen atoms in total. The van der Waals surface area contributed by atoms with E-state index in [-0.39, 0.29) is 11.5 Å². The third kappa shape index (κ3) is 3.83. The molecule has 5 heteroatoms. The van der Waals surface area contributed by atoms with Crippen LogP contribution >= 0.6 is 0 Å². The van der Waals surface area contributed by atoms with Crippen molar-refractivity contribution < 1.29 is 24.1 Å². The summed E-state index contributed by atoms with van der Waals surface area (Å²) < 4.78 is 15.7. The van der Waals surface area contributed by atoms with E-state index in [4.69, 9.17) is 14.2 Å². The number of methoxy groups -OCH3 is 3. The summed E-state index contributed by atoms with van der Waals surface area (Å²) >= 11 is 0. The quantitative estimate of drug-likeness (QED) is 0.654. The lowest BCUT2D eigenvalue weighted by molar-refractivity contribution is 0.104. The Kier molecular flexibility index (Phi) is 5.25. The van der Waals surface area contributed by atoms with Gasteiger partial charge in [0.05, 0.1) is 21.3 Å². The van der Waals surface area contributed by atoms with Crippen molar-refractivity contribution in [2.75, 3.05) is 21.3 Å². The Labute approximate surface area is 134 Å². The van der Waals surface area contributed by atoms with Crippen LogP contribution in [0.15, 0.2) is 42.5 Å². The second-order valence-corrected chi connectivity index (χ2v) is 4.70. The maximum atomic E-state index is 12.5. The summed E-state index contributed by atoms with van der Waals surface area (Å²) in [5.74, 6) is 1.21. The zero-order valence-corrected chi connectivity index (χ0v) is 13.2. The van der Waals surface area contributed by atoms with Gasteiger partial charge in [-0.15, -0.1) is 0 Å². The lowest BCUT2D eigenvalue weighted by Gasteiger charge is -2.13. The van der Waals surface area contributed by atoms with E-state index in [9.17, 15) is 9.90 Å². The van der Waals surface area contributed by atoms with Crippen molar-refractivity contribution in [1.29, 1.82) is 0 Å². The van der Waals surface area contributed by atoms with Crippen molar-refractivity contribution in [3.05, 3.63) is 53.6 Å². The van der Waals surface area contributed by atoms with Gasteiger partial charge in [0.1, 0.15) is 28.6 Å². The fourth-order valence-corrected chi connectivity index (χ4v) is 2.09. The van der Waals surface area contributed by atoms with Crippen molar-refractivity contribution in [3.8, 4) is 23.0 Å². The molecule has 0 heterocycles. The number of aromatic hydroxyl groups is 1. The van der Waals surface area contributed by atoms with E-state index in [0.29, 0.717) is 22.8 Å². The number of hydrogen-bond acceptors (Lipinski definition) is 5. The first kappa shape index (κ1) is 16.4. The SMILES string of the molecule is COc1cc(OC)c(C(=O)/C=C/c2ccc(O)cc2)c(OC)c1. The number of carbonyl (C=O) groups excluding carboxylic acids is 1. The highest BCUT2D eigenvalue weighted by atomic mass is 16.5. The van der Waals surface area contributed by atoms with Gasteiger partial charge in [-0.25, -0.2) is 0 Å². The average Bonchev–Trinajstić information content (AvgIpc) is 2.59. The minimum atomic E-state index is -0.255. The van der Waals surface area contributed by atoms with Gasteiger partial charge >= 0.3 is 0 Å². The number of carbonyl (C=O) groups is 1. The molecule has 0 aliphatic carbocycles. The smallest absolute Gasteiger partial charge is 0.193 e. The van der Waals surface area contributed by atoms with Crippen LogP contribution in [0.2, 0.25) is 0 Å². The molecule has 0 atom stereocenters. The first-order chi connectivity index (χ1) is 11.1. The highest BCUT2D eigenvalue weighted by Crippen LogP contribution is 2.34. The predicted molar refractivity (Wildman–Crippen MR) is 87.6 cm³/mol. The van der Waals surface area contributed by atoms with Crippen LogP contribution in [0.5, 0.6) is 23.0 Å². The van der Waals surface area contributed by atoms with E-state index in [2.05, 4.69) is 0 Å². The fourth-order valence-electron chi connectivity index (χ4n) is 2.09. The number of hydrogen-bond donors (Lipinski definition) is 1. The standard InChI is InChI=1S/C18H18O5/c1-21-14-10-16(22-2)18(17(11-14)23-3)15(20)9-6-12-4-7-13(19)8-5-12/h4-11,19H,1-3H3/b9-6+. The Balaban J connectivity index is 2.36. The monoisotopic (exact) mass is 314 g/mol. The largest absolute Gasteiger partial charge is 0.508 e. The van der Waals surface area contributed by atoms with Gasteiger partial charge in [-0.3, -0.25) is 4.79 Å². The molecule has 0 spiro atoms. The van der Waals surface area contributed by atoms with Gasteiger partial charge < -0.3 is 19.3 Å². The molecule has 120 valence electrons. The topological polar surface area (TPSA) is 65.0 Å². The van der Waals surface area contributed by atoms with Gasteiger partial charge in [-0.05, 0) is 23.8 Å². The number of phenols is 1. The Morgan fingerprint density at radius 1 is 0.957 bits per heavy atom. The number of ketones is 1. The van der Waals surface area contributed by atoms with Crippen molar-refractivity contribution in [2.45, 2.75) is 0 Å². The molecular weight excluding hydrogens is 296 g/mol. The highest BCUT2D eigenvalue weighted by Gasteiger charge is 2.18. The summed E-state index contributed by atoms with van der Waals surface area (Å²) in [5.41, 5.74) is 1.12. The third-order valence-corrected chi connectivity index (χ3v) is 3.28. The minimum Gasteiger partial charge on any atom is -0.508 e. The van der Waals surface area contributed by atoms with E-state index < -0.39 is 0 Å². The lowest BCUT2D eigenvalue weighted by atomic mass is 10.1. The van der Waals surface area contributed by atoms with E-state index in [1.807, 2.05) is 0 Å². The first-order valence-electron chi connectivity index (χ1n) is 6.90. The maximum Gasteiger partial charge on any atom is 0.193 e. The third-order valence-electron chi connectivity index (χ3n) is 3.28. The summed E-state index contributed by atoms with van der Waals surface area (Å²) in [7, 11) is 4.49. The van der Waals surface area contributed by atoms with E-state index >= 15 is 0 Å². The Bertz CT molecular complexity index is 692. The number of allylic oxidation sites excluding steroid dienone is 1. The Morgan fingerprint density at radius 2 is 1.52 bits per heavy atom. The van der Waals surface area contributed by atoms with Gasteiger partial charge in [-0.2, -0.15) is 0 Å². The summed E-state index contributed by atoms with van der Waals surface area (Å²) in [6.07, 6.45) is 3.09. The molecule has 0 saturated heterocycles. The molecule has 2 rings (SSSR count). The van der Waals surface area contributed by atoms with E-state index in [1.165, 1.54) is 27.4 Å². The molecule has 0 bridgehead atoms. The van der Waals surface area contributed by atoms with Crippen LogP contribution in [0, 0.1) is 0 Å². The fraction of sp³-hybridized carbons (Fsp3) is 0.167. The molecule has 0 fully saturated rings. The molecule has 23 heavy (non-hydrogen) atoms. The van der Waals surface area contributed by atoms with Gasteiger partial charge in [0.25, 0.3) is 0 Å². The molecule has 0 amide bonds. The second-order valence-electron chi connectivity index (χ2n) is 4.70. The van der Waals surface area contributed by atoms with Crippen LogP contribution in [0.1, 0.15) is 15.9 Å². The normalized spacial score (nSPS) is 10.6. The average molecular weight is 314 g/mol. The van der Waals surface area contributed by atoms with Crippen molar-refractivity contribution in [1.82, 2.24) is 0 Å². The van der Waals surface area contributed by atoms with Crippen molar-refractivity contribution >= 4 is 11.9 Å². The minimum absolute atomic E-state index is 0.173. The molecule has 1 N–H and O–H groups in total. The Hall–Kier alpha value is -2.95. The molecule has 2 aromatic rings. The molecule has 0 aliphatic rings. The van der Waals surface area contributed by atoms with Crippen molar-refractivity contribution in [2.24, 2.45) is 0 Å². The van der Waals surface area contributed by atoms with Crippen molar-refractivity contribution in [3.63, 3.8) is 0 Å². The van der Waals surface area contributed by atoms with Crippen LogP contribution in [-0.4, -0.2) is 32.2 Å². The molecule has 0 radical (unpaired) electrons. The van der Waals surface area contributed by atoms with Crippen LogP contribution in [0.3, 0.4) is 0 Å². The zero-order valence-electron chi connectivity index (χ0n) is 13.2. The van der Waals surface area contributed by atoms with Gasteiger partial charge in [0, 0.05) is 12.1 Å². The number of ether oxygens (including phenoxy) is 3. The lowest BCUT2D eigenvalue weighted by Crippen LogP contribution is -2.03. The first-order valence-corrected chi connectivity index (χ1v) is 6.90. The van der Waals surface area contributed by atoms with E-state index in [1.54, 1.807) is 42.5 Å². The number of phenolic OH excluding ortho intramolecular Hbond substituents is 1. The second kappa shape index (κ2) is 7.35. The zero-order chi connectivity index (χ0) is 16.8. The molecule has 0 unspecified atom stereocenters. The summed E-state index contributed by atoms with van der Waals surface area (Å²) in [4.78, 5) is 12.5. The molecule has 0 aromatic heterocycles. The summed E-state index contributed by atoms with van der Waals surface area (Å²) in [6, 6.07) is 9.79. The molecule has 0 saturated carbocycles. The predicted octanol–water partition coefficient (Wildman–Crippen LogP) is 3.31. The van der Waals surface area contributed by atoms with Gasteiger partial charge in [0.15, 0.2) is 5.78 Å². The number of benzene rings is 2. The van der Waals surface area contributed by atoms with Gasteiger partial charge in [0.2, 0.25) is 0 Å². The highest BCUT2D eigenvalue weighted by molar-refractivity contribution is 6.10. The summed E-state index contributed by atoms with van der Waals surface area (Å²) in [5, 5.41) is 9.26. The van der Waals surface area contributed by atoms with Crippen LogP contribution in [-0.2, 0) is 0 Å². The summed E-state index contributed by atoms with van der Waals surface area (Å²) in [6.45, 7) is 0. The molecular formula is C18H18O5. The number of rotatable bonds is 6. The molecule has 2 aromatic carbocycles. The molecule has 0 aliphatic heterocycles. The Morgan fingerprint density at radius 3 is 2.00 bits per heavy atom.